The third-order valence-corrected chi connectivity index (χ3v) is 2.62. The lowest BCUT2D eigenvalue weighted by Crippen LogP contribution is -1.94. The van der Waals surface area contributed by atoms with Crippen molar-refractivity contribution in [3.05, 3.63) is 22.7 Å². The normalized spacial score (nSPS) is 11.4. The molecule has 0 bridgehead atoms. The van der Waals surface area contributed by atoms with Gasteiger partial charge in [-0.2, -0.15) is 0 Å². The number of fused-ring (bicyclic) bond motifs is 1. The van der Waals surface area contributed by atoms with E-state index in [1.54, 1.807) is 6.33 Å². The topological polar surface area (TPSA) is 41.6 Å². The number of nitrogens with zero attached hydrogens (tertiary/aromatic N) is 2. The van der Waals surface area contributed by atoms with Crippen LogP contribution in [-0.4, -0.2) is 15.0 Å². The van der Waals surface area contributed by atoms with Crippen molar-refractivity contribution in [2.75, 3.05) is 0 Å². The van der Waals surface area contributed by atoms with Gasteiger partial charge in [-0.15, -0.1) is 0 Å². The molecule has 0 aliphatic carbocycles. The Kier molecular flexibility index (Phi) is 2.07. The van der Waals surface area contributed by atoms with Crippen LogP contribution in [0, 0.1) is 0 Å². The molecule has 1 N–H and O–H groups in total. The maximum Gasteiger partial charge on any atom is 0.142 e. The van der Waals surface area contributed by atoms with Crippen molar-refractivity contribution in [2.45, 2.75) is 19.8 Å². The van der Waals surface area contributed by atoms with Gasteiger partial charge < -0.3 is 4.98 Å². The van der Waals surface area contributed by atoms with E-state index in [-0.39, 0.29) is 0 Å². The van der Waals surface area contributed by atoms with Crippen molar-refractivity contribution in [3.8, 4) is 0 Å². The molecule has 3 nitrogen and oxygen atoms in total. The van der Waals surface area contributed by atoms with Crippen LogP contribution in [0.3, 0.4) is 0 Å². The smallest absolute Gasteiger partial charge is 0.142 e. The lowest BCUT2D eigenvalue weighted by molar-refractivity contribution is 0.828. The highest BCUT2D eigenvalue weighted by atomic mass is 79.9. The highest BCUT2D eigenvalue weighted by molar-refractivity contribution is 9.10. The Bertz CT molecular complexity index is 433. The average Bonchev–Trinajstić information content (AvgIpc) is 2.48. The van der Waals surface area contributed by atoms with Gasteiger partial charge in [0, 0.05) is 10.7 Å². The molecule has 2 aromatic heterocycles. The van der Waals surface area contributed by atoms with E-state index in [1.807, 2.05) is 6.20 Å². The maximum absolute atomic E-state index is 4.28. The van der Waals surface area contributed by atoms with Crippen LogP contribution < -0.4 is 0 Å². The Morgan fingerprint density at radius 2 is 2.15 bits per heavy atom. The van der Waals surface area contributed by atoms with Crippen LogP contribution >= 0.6 is 15.9 Å². The number of rotatable bonds is 1. The fourth-order valence-electron chi connectivity index (χ4n) is 1.39. The van der Waals surface area contributed by atoms with Gasteiger partial charge in [0.25, 0.3) is 0 Å². The summed E-state index contributed by atoms with van der Waals surface area (Å²) in [5, 5.41) is 1.09. The van der Waals surface area contributed by atoms with Gasteiger partial charge in [0.2, 0.25) is 0 Å². The van der Waals surface area contributed by atoms with Gasteiger partial charge in [-0.3, -0.25) is 0 Å². The first kappa shape index (κ1) is 8.69. The molecule has 0 aliphatic rings. The number of halogens is 1. The molecule has 0 radical (unpaired) electrons. The molecule has 0 amide bonds. The summed E-state index contributed by atoms with van der Waals surface area (Å²) in [7, 11) is 0. The molecule has 68 valence electrons. The molecule has 4 heteroatoms. The van der Waals surface area contributed by atoms with Crippen LogP contribution in [0.5, 0.6) is 0 Å². The van der Waals surface area contributed by atoms with E-state index < -0.39 is 0 Å². The third-order valence-electron chi connectivity index (χ3n) is 2.00. The quantitative estimate of drug-likeness (QED) is 0.832. The van der Waals surface area contributed by atoms with Crippen LogP contribution in [-0.2, 0) is 0 Å². The van der Waals surface area contributed by atoms with Crippen LogP contribution in [0.4, 0.5) is 0 Å². The van der Waals surface area contributed by atoms with Crippen molar-refractivity contribution in [1.82, 2.24) is 15.0 Å². The van der Waals surface area contributed by atoms with Crippen LogP contribution in [0.15, 0.2) is 17.0 Å². The van der Waals surface area contributed by atoms with E-state index in [1.165, 1.54) is 0 Å². The Morgan fingerprint density at radius 1 is 1.38 bits per heavy atom. The Morgan fingerprint density at radius 3 is 2.85 bits per heavy atom. The molecule has 0 aliphatic heterocycles. The molecule has 13 heavy (non-hydrogen) atoms. The summed E-state index contributed by atoms with van der Waals surface area (Å²) in [4.78, 5) is 11.5. The van der Waals surface area contributed by atoms with Gasteiger partial charge in [0.05, 0.1) is 11.1 Å². The summed E-state index contributed by atoms with van der Waals surface area (Å²) in [6, 6.07) is 0. The van der Waals surface area contributed by atoms with E-state index >= 15 is 0 Å². The third kappa shape index (κ3) is 1.35. The molecule has 0 atom stereocenters. The fraction of sp³-hybridized carbons (Fsp3) is 0.333. The summed E-state index contributed by atoms with van der Waals surface area (Å²) in [6.45, 7) is 4.25. The van der Waals surface area contributed by atoms with Crippen LogP contribution in [0.25, 0.3) is 11.0 Å². The van der Waals surface area contributed by atoms with Crippen LogP contribution in [0.2, 0.25) is 0 Å². The highest BCUT2D eigenvalue weighted by Gasteiger charge is 2.11. The molecule has 0 fully saturated rings. The minimum Gasteiger partial charge on any atom is -0.345 e. The number of nitrogens with one attached hydrogen (secondary N) is 1. The summed E-state index contributed by atoms with van der Waals surface area (Å²) < 4.78 is 1.03. The van der Waals surface area contributed by atoms with Crippen molar-refractivity contribution < 1.29 is 0 Å². The second-order valence-electron chi connectivity index (χ2n) is 3.27. The molecule has 0 saturated heterocycles. The lowest BCUT2D eigenvalue weighted by atomic mass is 10.1. The first-order valence-corrected chi connectivity index (χ1v) is 4.97. The Hall–Kier alpha value is -0.900. The van der Waals surface area contributed by atoms with E-state index in [0.29, 0.717) is 5.92 Å². The fourth-order valence-corrected chi connectivity index (χ4v) is 1.89. The van der Waals surface area contributed by atoms with Gasteiger partial charge in [-0.05, 0) is 21.8 Å². The molecule has 2 rings (SSSR count). The summed E-state index contributed by atoms with van der Waals surface area (Å²) in [5.41, 5.74) is 1.98. The highest BCUT2D eigenvalue weighted by Crippen LogP contribution is 2.28. The molecular weight excluding hydrogens is 230 g/mol. The first-order chi connectivity index (χ1) is 6.20. The predicted octanol–water partition coefficient (Wildman–Crippen LogP) is 2.84. The molecular formula is C9H10BrN3. The number of H-pyrrole nitrogens is 1. The molecule has 0 unspecified atom stereocenters. The van der Waals surface area contributed by atoms with Gasteiger partial charge in [-0.1, -0.05) is 13.8 Å². The minimum absolute atomic E-state index is 0.414. The first-order valence-electron chi connectivity index (χ1n) is 4.17. The summed E-state index contributed by atoms with van der Waals surface area (Å²) >= 11 is 3.47. The van der Waals surface area contributed by atoms with Gasteiger partial charge in [-0.25, -0.2) is 9.97 Å². The lowest BCUT2D eigenvalue weighted by Gasteiger charge is -2.04. The Balaban J connectivity index is 2.80. The standard InChI is InChI=1S/C9H10BrN3/c1-5(2)8-7-6(10)3-11-9(7)13-4-12-8/h3-5H,1-2H3,(H,11,12,13). The molecule has 0 saturated carbocycles. The average molecular weight is 240 g/mol. The van der Waals surface area contributed by atoms with E-state index in [4.69, 9.17) is 0 Å². The number of aromatic nitrogens is 3. The van der Waals surface area contributed by atoms with E-state index in [9.17, 15) is 0 Å². The summed E-state index contributed by atoms with van der Waals surface area (Å²) in [5.74, 6) is 0.414. The monoisotopic (exact) mass is 239 g/mol. The molecule has 2 heterocycles. The Labute approximate surface area is 84.7 Å². The zero-order chi connectivity index (χ0) is 9.42. The minimum atomic E-state index is 0.414. The summed E-state index contributed by atoms with van der Waals surface area (Å²) in [6.07, 6.45) is 3.49. The second kappa shape index (κ2) is 3.10. The van der Waals surface area contributed by atoms with Gasteiger partial charge in [0.15, 0.2) is 0 Å². The van der Waals surface area contributed by atoms with Crippen LogP contribution in [0.1, 0.15) is 25.5 Å². The number of hydrogen-bond acceptors (Lipinski definition) is 2. The van der Waals surface area contributed by atoms with Gasteiger partial charge >= 0.3 is 0 Å². The largest absolute Gasteiger partial charge is 0.345 e. The van der Waals surface area contributed by atoms with E-state index in [0.717, 1.165) is 21.2 Å². The zero-order valence-electron chi connectivity index (χ0n) is 7.50. The van der Waals surface area contributed by atoms with Gasteiger partial charge in [0.1, 0.15) is 12.0 Å². The SMILES string of the molecule is CC(C)c1ncnc2[nH]cc(Br)c12. The van der Waals surface area contributed by atoms with Crippen molar-refractivity contribution in [3.63, 3.8) is 0 Å². The van der Waals surface area contributed by atoms with E-state index in [2.05, 4.69) is 44.7 Å². The molecule has 0 aromatic carbocycles. The number of hydrogen-bond donors (Lipinski definition) is 1. The maximum atomic E-state index is 4.28. The van der Waals surface area contributed by atoms with Crippen molar-refractivity contribution >= 4 is 27.0 Å². The molecule has 0 spiro atoms. The molecule has 2 aromatic rings. The number of aromatic amines is 1. The predicted molar refractivity (Wildman–Crippen MR) is 55.7 cm³/mol. The van der Waals surface area contributed by atoms with Crippen molar-refractivity contribution in [2.24, 2.45) is 0 Å². The zero-order valence-corrected chi connectivity index (χ0v) is 9.09. The van der Waals surface area contributed by atoms with Crippen molar-refractivity contribution in [1.29, 1.82) is 0 Å². The second-order valence-corrected chi connectivity index (χ2v) is 4.13.